The second-order valence-corrected chi connectivity index (χ2v) is 6.20. The summed E-state index contributed by atoms with van der Waals surface area (Å²) in [6, 6.07) is 5.39. The van der Waals surface area contributed by atoms with Crippen molar-refractivity contribution in [2.75, 3.05) is 6.54 Å². The van der Waals surface area contributed by atoms with Crippen LogP contribution in [0, 0.1) is 5.82 Å². The Balaban J connectivity index is 2.84. The average Bonchev–Trinajstić information content (AvgIpc) is 2.29. The van der Waals surface area contributed by atoms with Crippen molar-refractivity contribution < 1.29 is 12.8 Å². The topological polar surface area (TPSA) is 72.2 Å². The van der Waals surface area contributed by atoms with Gasteiger partial charge in [-0.05, 0) is 31.0 Å². The fourth-order valence-electron chi connectivity index (χ4n) is 1.70. The maximum atomic E-state index is 13.1. The molecule has 0 amide bonds. The van der Waals surface area contributed by atoms with E-state index in [-0.39, 0.29) is 12.4 Å². The van der Waals surface area contributed by atoms with Gasteiger partial charge in [0, 0.05) is 12.6 Å². The number of rotatable bonds is 6. The van der Waals surface area contributed by atoms with E-state index in [0.29, 0.717) is 12.0 Å². The largest absolute Gasteiger partial charge is 0.329 e. The molecule has 3 N–H and O–H groups in total. The summed E-state index contributed by atoms with van der Waals surface area (Å²) >= 11 is 0. The number of hydrogen-bond donors (Lipinski definition) is 2. The zero-order valence-corrected chi connectivity index (χ0v) is 11.4. The number of halogens is 1. The molecule has 0 heterocycles. The molecule has 0 aliphatic carbocycles. The molecule has 1 aromatic carbocycles. The Morgan fingerprint density at radius 1 is 1.44 bits per heavy atom. The third kappa shape index (κ3) is 3.76. The Hall–Kier alpha value is -0.980. The Morgan fingerprint density at radius 2 is 2.11 bits per heavy atom. The molecule has 0 fully saturated rings. The molecule has 0 bridgehead atoms. The van der Waals surface area contributed by atoms with E-state index in [2.05, 4.69) is 4.72 Å². The quantitative estimate of drug-likeness (QED) is 0.826. The maximum Gasteiger partial charge on any atom is 0.216 e. The normalized spacial score (nSPS) is 15.3. The molecule has 0 saturated carbocycles. The minimum absolute atomic E-state index is 0.0711. The van der Waals surface area contributed by atoms with Crippen molar-refractivity contribution in [3.63, 3.8) is 0 Å². The van der Waals surface area contributed by atoms with Crippen LogP contribution in [-0.4, -0.2) is 20.2 Å². The first-order chi connectivity index (χ1) is 8.40. The Bertz CT molecular complexity index is 487. The van der Waals surface area contributed by atoms with Crippen molar-refractivity contribution in [2.24, 2.45) is 5.73 Å². The molecular formula is C12H19FN2O2S. The molecule has 2 unspecified atom stereocenters. The molecule has 1 rings (SSSR count). The Morgan fingerprint density at radius 3 is 2.61 bits per heavy atom. The summed E-state index contributed by atoms with van der Waals surface area (Å²) in [5, 5.41) is -0.617. The van der Waals surface area contributed by atoms with Crippen molar-refractivity contribution in [3.8, 4) is 0 Å². The highest BCUT2D eigenvalue weighted by atomic mass is 32.2. The van der Waals surface area contributed by atoms with Crippen LogP contribution < -0.4 is 10.5 Å². The summed E-state index contributed by atoms with van der Waals surface area (Å²) in [4.78, 5) is 0. The number of nitrogens with two attached hydrogens (primary N) is 1. The number of hydrogen-bond acceptors (Lipinski definition) is 3. The molecule has 0 aromatic heterocycles. The van der Waals surface area contributed by atoms with E-state index < -0.39 is 21.3 Å². The van der Waals surface area contributed by atoms with Crippen molar-refractivity contribution in [2.45, 2.75) is 31.6 Å². The zero-order valence-electron chi connectivity index (χ0n) is 10.6. The van der Waals surface area contributed by atoms with Crippen molar-refractivity contribution in [1.29, 1.82) is 0 Å². The molecule has 2 atom stereocenters. The summed E-state index contributed by atoms with van der Waals surface area (Å²) in [7, 11) is -3.48. The maximum absolute atomic E-state index is 13.1. The van der Waals surface area contributed by atoms with Gasteiger partial charge in [0.25, 0.3) is 0 Å². The van der Waals surface area contributed by atoms with Crippen molar-refractivity contribution >= 4 is 10.0 Å². The Labute approximate surface area is 107 Å². The summed E-state index contributed by atoms with van der Waals surface area (Å²) < 4.78 is 39.5. The van der Waals surface area contributed by atoms with Crippen LogP contribution in [0.3, 0.4) is 0 Å². The first-order valence-electron chi connectivity index (χ1n) is 5.87. The first-order valence-corrected chi connectivity index (χ1v) is 7.42. The fourth-order valence-corrected chi connectivity index (χ4v) is 3.21. The summed E-state index contributed by atoms with van der Waals surface area (Å²) in [5.41, 5.74) is 6.02. The van der Waals surface area contributed by atoms with Gasteiger partial charge >= 0.3 is 0 Å². The van der Waals surface area contributed by atoms with E-state index in [9.17, 15) is 12.8 Å². The van der Waals surface area contributed by atoms with E-state index >= 15 is 0 Å². The monoisotopic (exact) mass is 274 g/mol. The van der Waals surface area contributed by atoms with Crippen LogP contribution in [0.4, 0.5) is 4.39 Å². The van der Waals surface area contributed by atoms with Crippen LogP contribution in [0.1, 0.15) is 31.9 Å². The van der Waals surface area contributed by atoms with Gasteiger partial charge in [-0.2, -0.15) is 0 Å². The van der Waals surface area contributed by atoms with Crippen molar-refractivity contribution in [1.82, 2.24) is 4.72 Å². The lowest BCUT2D eigenvalue weighted by Crippen LogP contribution is -2.39. The summed E-state index contributed by atoms with van der Waals surface area (Å²) in [6.45, 7) is 3.51. The lowest BCUT2D eigenvalue weighted by molar-refractivity contribution is 0.546. The van der Waals surface area contributed by atoms with E-state index in [1.807, 2.05) is 0 Å². The minimum atomic E-state index is -3.48. The predicted octanol–water partition coefficient (Wildman–Crippen LogP) is 1.54. The molecule has 18 heavy (non-hydrogen) atoms. The third-order valence-corrected chi connectivity index (χ3v) is 4.93. The van der Waals surface area contributed by atoms with Gasteiger partial charge in [0.2, 0.25) is 10.0 Å². The number of benzene rings is 1. The molecule has 102 valence electrons. The molecule has 0 spiro atoms. The average molecular weight is 274 g/mol. The van der Waals surface area contributed by atoms with Gasteiger partial charge in [-0.1, -0.05) is 19.1 Å². The second-order valence-electron chi connectivity index (χ2n) is 4.21. The third-order valence-electron chi connectivity index (χ3n) is 2.85. The lowest BCUT2D eigenvalue weighted by atomic mass is 10.1. The molecule has 0 aliphatic heterocycles. The van der Waals surface area contributed by atoms with E-state index in [4.69, 9.17) is 5.73 Å². The van der Waals surface area contributed by atoms with E-state index in [1.165, 1.54) is 12.1 Å². The van der Waals surface area contributed by atoms with Gasteiger partial charge in [-0.3, -0.25) is 0 Å². The molecule has 4 nitrogen and oxygen atoms in total. The SMILES string of the molecule is CCC(CN)S(=O)(=O)NC(C)c1cccc(F)c1. The highest BCUT2D eigenvalue weighted by Crippen LogP contribution is 2.16. The molecule has 6 heteroatoms. The second kappa shape index (κ2) is 6.26. The van der Waals surface area contributed by atoms with Crippen LogP contribution in [-0.2, 0) is 10.0 Å². The van der Waals surface area contributed by atoms with Gasteiger partial charge < -0.3 is 5.73 Å². The smallest absolute Gasteiger partial charge is 0.216 e. The van der Waals surface area contributed by atoms with Gasteiger partial charge in [-0.15, -0.1) is 0 Å². The molecule has 0 radical (unpaired) electrons. The molecule has 0 saturated heterocycles. The number of sulfonamides is 1. The highest BCUT2D eigenvalue weighted by molar-refractivity contribution is 7.90. The van der Waals surface area contributed by atoms with Crippen LogP contribution >= 0.6 is 0 Å². The van der Waals surface area contributed by atoms with Gasteiger partial charge in [0.1, 0.15) is 5.82 Å². The number of nitrogens with one attached hydrogen (secondary N) is 1. The van der Waals surface area contributed by atoms with E-state index in [0.717, 1.165) is 0 Å². The Kier molecular flexibility index (Phi) is 5.25. The predicted molar refractivity (Wildman–Crippen MR) is 70.0 cm³/mol. The minimum Gasteiger partial charge on any atom is -0.329 e. The molecule has 1 aromatic rings. The standard InChI is InChI=1S/C12H19FN2O2S/c1-3-12(8-14)18(16,17)15-9(2)10-5-4-6-11(13)7-10/h4-7,9,12,15H,3,8,14H2,1-2H3. The van der Waals surface area contributed by atoms with Gasteiger partial charge in [0.15, 0.2) is 0 Å². The summed E-state index contributed by atoms with van der Waals surface area (Å²) in [5.74, 6) is -0.385. The van der Waals surface area contributed by atoms with Gasteiger partial charge in [0.05, 0.1) is 5.25 Å². The van der Waals surface area contributed by atoms with Crippen molar-refractivity contribution in [3.05, 3.63) is 35.6 Å². The van der Waals surface area contributed by atoms with Crippen LogP contribution in [0.25, 0.3) is 0 Å². The molecular weight excluding hydrogens is 255 g/mol. The lowest BCUT2D eigenvalue weighted by Gasteiger charge is -2.19. The molecule has 0 aliphatic rings. The van der Waals surface area contributed by atoms with E-state index in [1.54, 1.807) is 26.0 Å². The fraction of sp³-hybridized carbons (Fsp3) is 0.500. The van der Waals surface area contributed by atoms with Crippen LogP contribution in [0.5, 0.6) is 0 Å². The van der Waals surface area contributed by atoms with Crippen LogP contribution in [0.2, 0.25) is 0 Å². The highest BCUT2D eigenvalue weighted by Gasteiger charge is 2.24. The van der Waals surface area contributed by atoms with Crippen LogP contribution in [0.15, 0.2) is 24.3 Å². The van der Waals surface area contributed by atoms with Gasteiger partial charge in [-0.25, -0.2) is 17.5 Å². The summed E-state index contributed by atoms with van der Waals surface area (Å²) in [6.07, 6.45) is 0.446. The first kappa shape index (κ1) is 15.1. The zero-order chi connectivity index (χ0) is 13.8.